The first-order valence-electron chi connectivity index (χ1n) is 19.4. The Labute approximate surface area is 302 Å². The standard InChI is InChI=1S/C41H60N2O2S3/c1-6-9-12-15-18-21-24-31(25-22-19-16-13-10-7-2)43-32-27-29(4)46-37(32)38-33(43)28-34(48-38)39-36-35(30(5)47-39)40(44)42(41(36)45)26-23-20-17-14-11-8-3/h27-28,31H,6-26H2,1-5H3. The highest BCUT2D eigenvalue weighted by Crippen LogP contribution is 2.49. The summed E-state index contributed by atoms with van der Waals surface area (Å²) >= 11 is 5.40. The lowest BCUT2D eigenvalue weighted by Gasteiger charge is -2.21. The maximum atomic E-state index is 13.9. The van der Waals surface area contributed by atoms with E-state index in [0.29, 0.717) is 23.7 Å². The minimum Gasteiger partial charge on any atom is -0.336 e. The van der Waals surface area contributed by atoms with Crippen LogP contribution in [0.4, 0.5) is 0 Å². The van der Waals surface area contributed by atoms with E-state index in [0.717, 1.165) is 27.5 Å². The lowest BCUT2D eigenvalue weighted by Crippen LogP contribution is -2.31. The minimum atomic E-state index is -0.0802. The number of carbonyl (C=O) groups is 2. The van der Waals surface area contributed by atoms with Crippen molar-refractivity contribution < 1.29 is 9.59 Å². The molecule has 0 fully saturated rings. The average Bonchev–Trinajstić information content (AvgIpc) is 3.85. The van der Waals surface area contributed by atoms with E-state index in [9.17, 15) is 9.59 Å². The van der Waals surface area contributed by atoms with Crippen LogP contribution in [0.3, 0.4) is 0 Å². The van der Waals surface area contributed by atoms with E-state index in [1.165, 1.54) is 141 Å². The van der Waals surface area contributed by atoms with Crippen molar-refractivity contribution in [2.24, 2.45) is 0 Å². The van der Waals surface area contributed by atoms with Gasteiger partial charge >= 0.3 is 0 Å². The van der Waals surface area contributed by atoms with Gasteiger partial charge in [0.1, 0.15) is 0 Å². The molecule has 2 amide bonds. The highest BCUT2D eigenvalue weighted by atomic mass is 32.1. The number of amides is 2. The van der Waals surface area contributed by atoms with Crippen LogP contribution >= 0.6 is 34.0 Å². The van der Waals surface area contributed by atoms with Gasteiger partial charge in [-0.05, 0) is 45.2 Å². The number of fused-ring (bicyclic) bond motifs is 4. The van der Waals surface area contributed by atoms with E-state index in [4.69, 9.17) is 0 Å². The van der Waals surface area contributed by atoms with Gasteiger partial charge < -0.3 is 4.57 Å². The van der Waals surface area contributed by atoms with Crippen LogP contribution in [0.1, 0.15) is 186 Å². The fourth-order valence-corrected chi connectivity index (χ4v) is 11.3. The zero-order valence-electron chi connectivity index (χ0n) is 30.5. The van der Waals surface area contributed by atoms with Gasteiger partial charge in [-0.2, -0.15) is 0 Å². The van der Waals surface area contributed by atoms with Gasteiger partial charge in [-0.1, -0.05) is 130 Å². The maximum Gasteiger partial charge on any atom is 0.263 e. The van der Waals surface area contributed by atoms with Crippen molar-refractivity contribution in [2.45, 2.75) is 169 Å². The summed E-state index contributed by atoms with van der Waals surface area (Å²) < 4.78 is 5.45. The number of unbranched alkanes of at least 4 members (excludes halogenated alkanes) is 15. The Bertz CT molecular complexity index is 1620. The highest BCUT2D eigenvalue weighted by Gasteiger charge is 2.41. The molecule has 0 radical (unpaired) electrons. The molecule has 0 N–H and O–H groups in total. The summed E-state index contributed by atoms with van der Waals surface area (Å²) in [5.74, 6) is -0.159. The fourth-order valence-electron chi connectivity index (χ4n) is 7.72. The second-order valence-corrected chi connectivity index (χ2v) is 17.8. The molecule has 4 aromatic heterocycles. The zero-order valence-corrected chi connectivity index (χ0v) is 33.0. The van der Waals surface area contributed by atoms with Gasteiger partial charge in [0, 0.05) is 27.2 Å². The van der Waals surface area contributed by atoms with Crippen LogP contribution in [0.2, 0.25) is 0 Å². The van der Waals surface area contributed by atoms with Crippen molar-refractivity contribution in [1.29, 1.82) is 0 Å². The quantitative estimate of drug-likeness (QED) is 0.0568. The van der Waals surface area contributed by atoms with Crippen molar-refractivity contribution in [2.75, 3.05) is 6.54 Å². The van der Waals surface area contributed by atoms with E-state index in [-0.39, 0.29) is 11.8 Å². The Hall–Kier alpha value is -1.96. The van der Waals surface area contributed by atoms with E-state index < -0.39 is 0 Å². The van der Waals surface area contributed by atoms with E-state index in [1.807, 2.05) is 29.6 Å². The monoisotopic (exact) mass is 708 g/mol. The number of nitrogens with zero attached hydrogens (tertiary/aromatic N) is 2. The largest absolute Gasteiger partial charge is 0.336 e. The third-order valence-electron chi connectivity index (χ3n) is 10.4. The van der Waals surface area contributed by atoms with Crippen molar-refractivity contribution in [3.8, 4) is 9.75 Å². The van der Waals surface area contributed by atoms with E-state index >= 15 is 0 Å². The molecule has 1 aliphatic rings. The third kappa shape index (κ3) is 8.49. The second kappa shape index (κ2) is 18.3. The first-order valence-corrected chi connectivity index (χ1v) is 21.9. The zero-order chi connectivity index (χ0) is 34.0. The maximum absolute atomic E-state index is 13.9. The Morgan fingerprint density at radius 1 is 0.583 bits per heavy atom. The molecule has 0 unspecified atom stereocenters. The number of hydrogen-bond acceptors (Lipinski definition) is 5. The molecule has 264 valence electrons. The predicted molar refractivity (Wildman–Crippen MR) is 212 cm³/mol. The minimum absolute atomic E-state index is 0.0787. The van der Waals surface area contributed by atoms with Crippen LogP contribution in [0.25, 0.3) is 30.2 Å². The number of aromatic nitrogens is 1. The normalized spacial score (nSPS) is 13.4. The lowest BCUT2D eigenvalue weighted by molar-refractivity contribution is 0.0651. The van der Waals surface area contributed by atoms with Gasteiger partial charge in [0.2, 0.25) is 0 Å². The first-order chi connectivity index (χ1) is 23.4. The molecule has 5 heterocycles. The molecule has 1 aliphatic heterocycles. The van der Waals surface area contributed by atoms with Crippen LogP contribution in [0, 0.1) is 13.8 Å². The molecular weight excluding hydrogens is 649 g/mol. The smallest absolute Gasteiger partial charge is 0.263 e. The Balaban J connectivity index is 1.42. The number of imide groups is 1. The van der Waals surface area contributed by atoms with Crippen LogP contribution in [-0.2, 0) is 0 Å². The fraction of sp³-hybridized carbons (Fsp3) is 0.659. The van der Waals surface area contributed by atoms with Gasteiger partial charge in [0.05, 0.1) is 36.4 Å². The van der Waals surface area contributed by atoms with E-state index in [1.54, 1.807) is 16.2 Å². The molecule has 4 nitrogen and oxygen atoms in total. The summed E-state index contributed by atoms with van der Waals surface area (Å²) in [7, 11) is 0. The average molecular weight is 709 g/mol. The molecule has 0 bridgehead atoms. The van der Waals surface area contributed by atoms with Gasteiger partial charge in [-0.25, -0.2) is 0 Å². The Morgan fingerprint density at radius 3 is 1.69 bits per heavy atom. The summed E-state index contributed by atoms with van der Waals surface area (Å²) in [4.78, 5) is 33.5. The summed E-state index contributed by atoms with van der Waals surface area (Å²) in [5.41, 5.74) is 4.06. The van der Waals surface area contributed by atoms with Gasteiger partial charge in [0.25, 0.3) is 11.8 Å². The Morgan fingerprint density at radius 2 is 1.08 bits per heavy atom. The van der Waals surface area contributed by atoms with Crippen LogP contribution < -0.4 is 0 Å². The number of aryl methyl sites for hydroxylation is 2. The second-order valence-electron chi connectivity index (χ2n) is 14.3. The number of thiophene rings is 3. The number of carbonyl (C=O) groups excluding carboxylic acids is 2. The molecule has 48 heavy (non-hydrogen) atoms. The molecule has 7 heteroatoms. The van der Waals surface area contributed by atoms with Crippen LogP contribution in [0.5, 0.6) is 0 Å². The topological polar surface area (TPSA) is 42.3 Å². The van der Waals surface area contributed by atoms with Gasteiger partial charge in [0.15, 0.2) is 0 Å². The van der Waals surface area contributed by atoms with Crippen molar-refractivity contribution in [3.63, 3.8) is 0 Å². The Kier molecular flexibility index (Phi) is 14.2. The lowest BCUT2D eigenvalue weighted by atomic mass is 9.99. The molecule has 0 atom stereocenters. The predicted octanol–water partition coefficient (Wildman–Crippen LogP) is 14.3. The molecule has 0 saturated heterocycles. The van der Waals surface area contributed by atoms with Gasteiger partial charge in [-0.15, -0.1) is 34.0 Å². The molecule has 0 aromatic carbocycles. The third-order valence-corrected chi connectivity index (χ3v) is 14.0. The summed E-state index contributed by atoms with van der Waals surface area (Å²) in [6, 6.07) is 5.28. The molecular formula is C41H60N2O2S3. The van der Waals surface area contributed by atoms with Crippen molar-refractivity contribution in [1.82, 2.24) is 9.47 Å². The summed E-state index contributed by atoms with van der Waals surface area (Å²) in [6.07, 6.45) is 25.2. The first kappa shape index (κ1) is 37.3. The van der Waals surface area contributed by atoms with Gasteiger partial charge in [-0.3, -0.25) is 14.5 Å². The van der Waals surface area contributed by atoms with Crippen molar-refractivity contribution in [3.05, 3.63) is 33.0 Å². The van der Waals surface area contributed by atoms with E-state index in [2.05, 4.69) is 44.4 Å². The van der Waals surface area contributed by atoms with Crippen LogP contribution in [-0.4, -0.2) is 27.8 Å². The number of hydrogen-bond donors (Lipinski definition) is 0. The van der Waals surface area contributed by atoms with Crippen molar-refractivity contribution >= 4 is 66.3 Å². The highest BCUT2D eigenvalue weighted by molar-refractivity contribution is 7.30. The molecule has 5 rings (SSSR count). The molecule has 0 saturated carbocycles. The molecule has 0 spiro atoms. The summed E-state index contributed by atoms with van der Waals surface area (Å²) in [5, 5.41) is 0. The molecule has 4 aromatic rings. The summed E-state index contributed by atoms with van der Waals surface area (Å²) in [6.45, 7) is 11.6. The van der Waals surface area contributed by atoms with Crippen LogP contribution in [0.15, 0.2) is 12.1 Å². The molecule has 0 aliphatic carbocycles. The number of rotatable bonds is 23. The SMILES string of the molecule is CCCCCCCCC(CCCCCCCC)n1c2cc(C)sc2c2sc(-c3sc(C)c4c3C(=O)N(CCCCCCCC)C4=O)cc21.